The molecule has 1 aromatic heterocycles. The number of benzene rings is 1. The average Bonchev–Trinajstić information content (AvgIpc) is 3.35. The molecule has 22 heavy (non-hydrogen) atoms. The molecule has 1 aliphatic carbocycles. The van der Waals surface area contributed by atoms with Gasteiger partial charge in [0, 0.05) is 18.7 Å². The van der Waals surface area contributed by atoms with Crippen LogP contribution in [0.4, 0.5) is 0 Å². The Morgan fingerprint density at radius 1 is 1.32 bits per heavy atom. The molecule has 1 aromatic carbocycles. The van der Waals surface area contributed by atoms with E-state index < -0.39 is 0 Å². The standard InChI is InChI=1S/C16H22N4OS/c1-4-19(13-7-8-13)11-20-16(22)18(2)15(17-20)12-5-9-14(21-3)10-6-12/h5-6,9-10,13H,4,7-8,11H2,1-3H3. The lowest BCUT2D eigenvalue weighted by atomic mass is 10.2. The van der Waals surface area contributed by atoms with E-state index in [4.69, 9.17) is 22.1 Å². The minimum atomic E-state index is 0.707. The molecule has 2 aromatic rings. The zero-order valence-electron chi connectivity index (χ0n) is 13.3. The van der Waals surface area contributed by atoms with Gasteiger partial charge >= 0.3 is 0 Å². The van der Waals surface area contributed by atoms with Crippen molar-refractivity contribution in [3.63, 3.8) is 0 Å². The van der Waals surface area contributed by atoms with Crippen LogP contribution in [0.5, 0.6) is 5.75 Å². The van der Waals surface area contributed by atoms with Gasteiger partial charge in [0.15, 0.2) is 10.6 Å². The number of ether oxygens (including phenoxy) is 1. The first-order chi connectivity index (χ1) is 10.6. The molecule has 5 nitrogen and oxygen atoms in total. The highest BCUT2D eigenvalue weighted by Gasteiger charge is 2.28. The van der Waals surface area contributed by atoms with Crippen LogP contribution >= 0.6 is 12.2 Å². The fraction of sp³-hybridized carbons (Fsp3) is 0.500. The van der Waals surface area contributed by atoms with Crippen molar-refractivity contribution in [1.82, 2.24) is 19.2 Å². The summed E-state index contributed by atoms with van der Waals surface area (Å²) >= 11 is 5.55. The van der Waals surface area contributed by atoms with Crippen molar-refractivity contribution in [3.05, 3.63) is 29.0 Å². The molecular weight excluding hydrogens is 296 g/mol. The molecule has 0 atom stereocenters. The third-order valence-electron chi connectivity index (χ3n) is 4.17. The predicted octanol–water partition coefficient (Wildman–Crippen LogP) is 3.07. The predicted molar refractivity (Wildman–Crippen MR) is 89.4 cm³/mol. The number of hydrogen-bond donors (Lipinski definition) is 0. The van der Waals surface area contributed by atoms with E-state index in [0.717, 1.165) is 35.1 Å². The van der Waals surface area contributed by atoms with Gasteiger partial charge in [-0.1, -0.05) is 6.92 Å². The summed E-state index contributed by atoms with van der Waals surface area (Å²) in [5.74, 6) is 1.73. The molecule has 0 amide bonds. The topological polar surface area (TPSA) is 35.2 Å². The molecule has 6 heteroatoms. The molecule has 0 saturated heterocycles. The largest absolute Gasteiger partial charge is 0.497 e. The first-order valence-corrected chi connectivity index (χ1v) is 8.07. The van der Waals surface area contributed by atoms with Gasteiger partial charge in [0.2, 0.25) is 0 Å². The lowest BCUT2D eigenvalue weighted by Gasteiger charge is -2.19. The van der Waals surface area contributed by atoms with Gasteiger partial charge in [-0.25, -0.2) is 4.68 Å². The molecule has 1 fully saturated rings. The number of nitrogens with zero attached hydrogens (tertiary/aromatic N) is 4. The molecule has 0 unspecified atom stereocenters. The smallest absolute Gasteiger partial charge is 0.199 e. The summed E-state index contributed by atoms with van der Waals surface area (Å²) in [6.45, 7) is 3.99. The van der Waals surface area contributed by atoms with E-state index in [-0.39, 0.29) is 0 Å². The van der Waals surface area contributed by atoms with Crippen molar-refractivity contribution in [2.75, 3.05) is 13.7 Å². The van der Waals surface area contributed by atoms with Gasteiger partial charge in [-0.15, -0.1) is 0 Å². The first-order valence-electron chi connectivity index (χ1n) is 7.66. The van der Waals surface area contributed by atoms with Crippen molar-refractivity contribution in [3.8, 4) is 17.1 Å². The van der Waals surface area contributed by atoms with Crippen molar-refractivity contribution >= 4 is 12.2 Å². The molecular formula is C16H22N4OS. The van der Waals surface area contributed by atoms with Crippen molar-refractivity contribution in [2.45, 2.75) is 32.5 Å². The SMILES string of the molecule is CCN(Cn1nc(-c2ccc(OC)cc2)n(C)c1=S)C1CC1. The van der Waals surface area contributed by atoms with E-state index in [1.54, 1.807) is 7.11 Å². The minimum Gasteiger partial charge on any atom is -0.497 e. The maximum atomic E-state index is 5.55. The van der Waals surface area contributed by atoms with Crippen LogP contribution in [0.1, 0.15) is 19.8 Å². The third-order valence-corrected chi connectivity index (χ3v) is 4.66. The van der Waals surface area contributed by atoms with Crippen molar-refractivity contribution < 1.29 is 4.74 Å². The molecule has 1 aliphatic rings. The van der Waals surface area contributed by atoms with Gasteiger partial charge in [-0.2, -0.15) is 5.10 Å². The van der Waals surface area contributed by atoms with Crippen molar-refractivity contribution in [1.29, 1.82) is 0 Å². The van der Waals surface area contributed by atoms with Crippen LogP contribution < -0.4 is 4.74 Å². The number of rotatable bonds is 6. The number of hydrogen-bond acceptors (Lipinski definition) is 4. The van der Waals surface area contributed by atoms with Gasteiger partial charge in [0.05, 0.1) is 13.8 Å². The van der Waals surface area contributed by atoms with Crippen LogP contribution in [0.25, 0.3) is 11.4 Å². The molecule has 0 radical (unpaired) electrons. The summed E-state index contributed by atoms with van der Waals surface area (Å²) in [7, 11) is 3.64. The quantitative estimate of drug-likeness (QED) is 0.767. The lowest BCUT2D eigenvalue weighted by Crippen LogP contribution is -2.29. The highest BCUT2D eigenvalue weighted by atomic mass is 32.1. The fourth-order valence-corrected chi connectivity index (χ4v) is 2.84. The second-order valence-electron chi connectivity index (χ2n) is 5.67. The molecule has 118 valence electrons. The molecule has 1 saturated carbocycles. The Kier molecular flexibility index (Phi) is 4.31. The Labute approximate surface area is 136 Å². The fourth-order valence-electron chi connectivity index (χ4n) is 2.66. The maximum absolute atomic E-state index is 5.55. The molecule has 1 heterocycles. The van der Waals surface area contributed by atoms with Gasteiger partial charge < -0.3 is 9.30 Å². The summed E-state index contributed by atoms with van der Waals surface area (Å²) in [5.41, 5.74) is 1.04. The van der Waals surface area contributed by atoms with Crippen LogP contribution in [0.3, 0.4) is 0 Å². The highest BCUT2D eigenvalue weighted by Crippen LogP contribution is 2.27. The van der Waals surface area contributed by atoms with E-state index >= 15 is 0 Å². The summed E-state index contributed by atoms with van der Waals surface area (Å²) in [6, 6.07) is 8.62. The Balaban J connectivity index is 1.89. The minimum absolute atomic E-state index is 0.707. The number of aromatic nitrogens is 3. The zero-order chi connectivity index (χ0) is 15.7. The summed E-state index contributed by atoms with van der Waals surface area (Å²) < 4.78 is 9.86. The van der Waals surface area contributed by atoms with E-state index in [9.17, 15) is 0 Å². The molecule has 0 bridgehead atoms. The molecule has 0 spiro atoms. The van der Waals surface area contributed by atoms with Crippen LogP contribution in [0.15, 0.2) is 24.3 Å². The van der Waals surface area contributed by atoms with Crippen LogP contribution in [-0.2, 0) is 13.7 Å². The van der Waals surface area contributed by atoms with Gasteiger partial charge in [0.1, 0.15) is 5.75 Å². The van der Waals surface area contributed by atoms with Gasteiger partial charge in [-0.05, 0) is 55.9 Å². The number of methoxy groups -OCH3 is 1. The third kappa shape index (κ3) is 2.94. The molecule has 0 N–H and O–H groups in total. The van der Waals surface area contributed by atoms with E-state index in [0.29, 0.717) is 6.04 Å². The van der Waals surface area contributed by atoms with Gasteiger partial charge in [0.25, 0.3) is 0 Å². The van der Waals surface area contributed by atoms with Crippen LogP contribution in [0.2, 0.25) is 0 Å². The molecule has 3 rings (SSSR count). The van der Waals surface area contributed by atoms with E-state index in [2.05, 4.69) is 11.8 Å². The van der Waals surface area contributed by atoms with E-state index in [1.807, 2.05) is 40.6 Å². The normalized spacial score (nSPS) is 14.5. The van der Waals surface area contributed by atoms with Gasteiger partial charge in [-0.3, -0.25) is 4.90 Å². The summed E-state index contributed by atoms with van der Waals surface area (Å²) in [5, 5.41) is 4.73. The Bertz CT molecular complexity index is 700. The average molecular weight is 318 g/mol. The molecule has 0 aliphatic heterocycles. The second-order valence-corrected chi connectivity index (χ2v) is 6.04. The summed E-state index contributed by atoms with van der Waals surface area (Å²) in [4.78, 5) is 2.43. The van der Waals surface area contributed by atoms with Crippen LogP contribution in [-0.4, -0.2) is 38.9 Å². The van der Waals surface area contributed by atoms with Crippen molar-refractivity contribution in [2.24, 2.45) is 7.05 Å². The zero-order valence-corrected chi connectivity index (χ0v) is 14.1. The lowest BCUT2D eigenvalue weighted by molar-refractivity contribution is 0.206. The second kappa shape index (κ2) is 6.22. The Morgan fingerprint density at radius 3 is 2.55 bits per heavy atom. The maximum Gasteiger partial charge on any atom is 0.199 e. The van der Waals surface area contributed by atoms with Crippen LogP contribution in [0, 0.1) is 4.77 Å². The summed E-state index contributed by atoms with van der Waals surface area (Å²) in [6.07, 6.45) is 2.58. The monoisotopic (exact) mass is 318 g/mol. The van der Waals surface area contributed by atoms with E-state index in [1.165, 1.54) is 12.8 Å². The Hall–Kier alpha value is -1.66. The highest BCUT2D eigenvalue weighted by molar-refractivity contribution is 7.71. The Morgan fingerprint density at radius 2 is 2.00 bits per heavy atom. The first kappa shape index (κ1) is 15.2.